The van der Waals surface area contributed by atoms with Crippen LogP contribution >= 0.6 is 0 Å². The van der Waals surface area contributed by atoms with Gasteiger partial charge in [-0.15, -0.1) is 0 Å². The minimum Gasteiger partial charge on any atom is -0.329 e. The molecular weight excluding hydrogens is 211 g/mol. The van der Waals surface area contributed by atoms with E-state index >= 15 is 0 Å². The first kappa shape index (κ1) is 12.0. The van der Waals surface area contributed by atoms with Gasteiger partial charge in [-0.1, -0.05) is 18.5 Å². The van der Waals surface area contributed by atoms with Gasteiger partial charge in [0.15, 0.2) is 5.82 Å². The zero-order chi connectivity index (χ0) is 11.7. The highest BCUT2D eigenvalue weighted by Crippen LogP contribution is 2.29. The van der Waals surface area contributed by atoms with Crippen molar-refractivity contribution in [3.05, 3.63) is 11.7 Å². The van der Waals surface area contributed by atoms with Gasteiger partial charge in [0.2, 0.25) is 0 Å². The summed E-state index contributed by atoms with van der Waals surface area (Å²) in [5.74, 6) is -1.47. The molecule has 0 radical (unpaired) electrons. The molecule has 0 saturated carbocycles. The molecule has 1 aromatic rings. The van der Waals surface area contributed by atoms with Crippen molar-refractivity contribution >= 4 is 0 Å². The van der Waals surface area contributed by atoms with Gasteiger partial charge in [0.05, 0.1) is 5.54 Å². The van der Waals surface area contributed by atoms with E-state index in [0.717, 1.165) is 6.42 Å². The maximum Gasteiger partial charge on any atom is 0.471 e. The Labute approximate surface area is 84.6 Å². The van der Waals surface area contributed by atoms with Crippen molar-refractivity contribution in [1.82, 2.24) is 10.1 Å². The highest BCUT2D eigenvalue weighted by molar-refractivity contribution is 5.02. The third-order valence-electron chi connectivity index (χ3n) is 1.95. The van der Waals surface area contributed by atoms with Crippen LogP contribution in [0.15, 0.2) is 4.52 Å². The maximum absolute atomic E-state index is 12.1. The Morgan fingerprint density at radius 3 is 2.40 bits per heavy atom. The van der Waals surface area contributed by atoms with Crippen LogP contribution in [0.4, 0.5) is 13.2 Å². The molecule has 15 heavy (non-hydrogen) atoms. The number of hydrogen-bond acceptors (Lipinski definition) is 4. The summed E-state index contributed by atoms with van der Waals surface area (Å²) in [6, 6.07) is 0. The van der Waals surface area contributed by atoms with E-state index in [4.69, 9.17) is 5.73 Å². The molecule has 4 nitrogen and oxygen atoms in total. The summed E-state index contributed by atoms with van der Waals surface area (Å²) in [5.41, 5.74) is 4.77. The molecule has 1 heterocycles. The fourth-order valence-electron chi connectivity index (χ4n) is 1.20. The van der Waals surface area contributed by atoms with Crippen LogP contribution in [0.25, 0.3) is 0 Å². The van der Waals surface area contributed by atoms with Gasteiger partial charge >= 0.3 is 12.1 Å². The molecule has 2 N–H and O–H groups in total. The molecule has 1 rings (SSSR count). The summed E-state index contributed by atoms with van der Waals surface area (Å²) >= 11 is 0. The quantitative estimate of drug-likeness (QED) is 0.851. The lowest BCUT2D eigenvalue weighted by atomic mass is 9.97. The Morgan fingerprint density at radius 1 is 1.40 bits per heavy atom. The highest BCUT2D eigenvalue weighted by atomic mass is 19.4. The standard InChI is InChI=1S/C8H12F3N3O/c1-3-4-7(2,12)5-13-6(15-14-5)8(9,10)11/h3-4,12H2,1-2H3. The summed E-state index contributed by atoms with van der Waals surface area (Å²) in [7, 11) is 0. The third kappa shape index (κ3) is 2.68. The van der Waals surface area contributed by atoms with E-state index in [1.54, 1.807) is 6.92 Å². The van der Waals surface area contributed by atoms with Gasteiger partial charge in [0.1, 0.15) is 0 Å². The lowest BCUT2D eigenvalue weighted by Crippen LogP contribution is -2.34. The van der Waals surface area contributed by atoms with Gasteiger partial charge in [-0.2, -0.15) is 18.2 Å². The van der Waals surface area contributed by atoms with E-state index in [9.17, 15) is 13.2 Å². The zero-order valence-electron chi connectivity index (χ0n) is 8.43. The molecule has 1 aromatic heterocycles. The number of aromatic nitrogens is 2. The molecule has 1 atom stereocenters. The number of rotatable bonds is 3. The van der Waals surface area contributed by atoms with Crippen molar-refractivity contribution in [2.75, 3.05) is 0 Å². The van der Waals surface area contributed by atoms with Crippen LogP contribution in [0.1, 0.15) is 38.4 Å². The predicted molar refractivity (Wildman–Crippen MR) is 45.7 cm³/mol. The molecule has 0 aliphatic carbocycles. The van der Waals surface area contributed by atoms with Gasteiger partial charge in [0, 0.05) is 0 Å². The Hall–Kier alpha value is -1.11. The fraction of sp³-hybridized carbons (Fsp3) is 0.750. The third-order valence-corrected chi connectivity index (χ3v) is 1.95. The molecule has 0 amide bonds. The van der Waals surface area contributed by atoms with E-state index in [-0.39, 0.29) is 5.82 Å². The van der Waals surface area contributed by atoms with E-state index in [0.29, 0.717) is 6.42 Å². The molecule has 1 unspecified atom stereocenters. The average Bonchev–Trinajstić information content (AvgIpc) is 2.50. The predicted octanol–water partition coefficient (Wildman–Crippen LogP) is 2.06. The smallest absolute Gasteiger partial charge is 0.329 e. The van der Waals surface area contributed by atoms with Crippen molar-refractivity contribution in [3.63, 3.8) is 0 Å². The first-order valence-electron chi connectivity index (χ1n) is 4.47. The van der Waals surface area contributed by atoms with E-state index in [2.05, 4.69) is 14.7 Å². The molecule has 0 fully saturated rings. The number of nitrogens with zero attached hydrogens (tertiary/aromatic N) is 2. The molecule has 0 aromatic carbocycles. The largest absolute Gasteiger partial charge is 0.471 e. The van der Waals surface area contributed by atoms with Crippen molar-refractivity contribution in [1.29, 1.82) is 0 Å². The number of halogens is 3. The number of nitrogens with two attached hydrogens (primary N) is 1. The second-order valence-corrected chi connectivity index (χ2v) is 3.59. The minimum absolute atomic E-state index is 0.114. The highest BCUT2D eigenvalue weighted by Gasteiger charge is 2.40. The van der Waals surface area contributed by atoms with Crippen LogP contribution < -0.4 is 5.73 Å². The monoisotopic (exact) mass is 223 g/mol. The van der Waals surface area contributed by atoms with Crippen molar-refractivity contribution < 1.29 is 17.7 Å². The van der Waals surface area contributed by atoms with Crippen molar-refractivity contribution in [3.8, 4) is 0 Å². The van der Waals surface area contributed by atoms with E-state index in [1.807, 2.05) is 6.92 Å². The Balaban J connectivity index is 2.94. The summed E-state index contributed by atoms with van der Waals surface area (Å²) in [6.07, 6.45) is -3.40. The fourth-order valence-corrected chi connectivity index (χ4v) is 1.20. The summed E-state index contributed by atoms with van der Waals surface area (Å²) < 4.78 is 40.5. The second kappa shape index (κ2) is 3.80. The molecule has 0 aliphatic rings. The van der Waals surface area contributed by atoms with Crippen molar-refractivity contribution in [2.24, 2.45) is 5.73 Å². The lowest BCUT2D eigenvalue weighted by Gasteiger charge is -2.18. The molecule has 0 bridgehead atoms. The maximum atomic E-state index is 12.1. The second-order valence-electron chi connectivity index (χ2n) is 3.59. The summed E-state index contributed by atoms with van der Waals surface area (Å²) in [5, 5.41) is 3.24. The summed E-state index contributed by atoms with van der Waals surface area (Å²) in [4.78, 5) is 3.24. The van der Waals surface area contributed by atoms with Gasteiger partial charge in [-0.3, -0.25) is 0 Å². The normalized spacial score (nSPS) is 16.4. The molecular formula is C8H12F3N3O. The van der Waals surface area contributed by atoms with Gasteiger partial charge < -0.3 is 10.3 Å². The van der Waals surface area contributed by atoms with Crippen molar-refractivity contribution in [2.45, 2.75) is 38.4 Å². The molecule has 0 saturated heterocycles. The topological polar surface area (TPSA) is 64.9 Å². The Morgan fingerprint density at radius 2 is 2.00 bits per heavy atom. The first-order valence-corrected chi connectivity index (χ1v) is 4.47. The lowest BCUT2D eigenvalue weighted by molar-refractivity contribution is -0.159. The average molecular weight is 223 g/mol. The van der Waals surface area contributed by atoms with Gasteiger partial charge in [0.25, 0.3) is 0 Å². The van der Waals surface area contributed by atoms with Crippen LogP contribution in [-0.2, 0) is 11.7 Å². The van der Waals surface area contributed by atoms with Crippen LogP contribution in [-0.4, -0.2) is 10.1 Å². The van der Waals surface area contributed by atoms with E-state index < -0.39 is 17.6 Å². The van der Waals surface area contributed by atoms with Crippen LogP contribution in [0, 0.1) is 0 Å². The van der Waals surface area contributed by atoms with Gasteiger partial charge in [-0.05, 0) is 13.3 Å². The van der Waals surface area contributed by atoms with Crippen LogP contribution in [0.2, 0.25) is 0 Å². The Bertz CT molecular complexity index is 332. The van der Waals surface area contributed by atoms with Crippen LogP contribution in [0.5, 0.6) is 0 Å². The SMILES string of the molecule is CCCC(C)(N)c1noc(C(F)(F)F)n1. The first-order chi connectivity index (χ1) is 6.77. The Kier molecular flexibility index (Phi) is 3.03. The number of alkyl halides is 3. The molecule has 0 spiro atoms. The molecule has 86 valence electrons. The van der Waals surface area contributed by atoms with Gasteiger partial charge in [-0.25, -0.2) is 0 Å². The molecule has 0 aliphatic heterocycles. The number of hydrogen-bond donors (Lipinski definition) is 1. The summed E-state index contributed by atoms with van der Waals surface area (Å²) in [6.45, 7) is 3.44. The van der Waals surface area contributed by atoms with Crippen LogP contribution in [0.3, 0.4) is 0 Å². The molecule has 7 heteroatoms. The zero-order valence-corrected chi connectivity index (χ0v) is 8.43. The minimum atomic E-state index is -4.62. The van der Waals surface area contributed by atoms with E-state index in [1.165, 1.54) is 0 Å².